The van der Waals surface area contributed by atoms with E-state index in [4.69, 9.17) is 0 Å². The first kappa shape index (κ1) is 16.8. The average molecular weight is 345 g/mol. The predicted molar refractivity (Wildman–Crippen MR) is 97.6 cm³/mol. The van der Waals surface area contributed by atoms with Crippen LogP contribution in [0.25, 0.3) is 0 Å². The molecule has 1 aromatic carbocycles. The molecule has 0 unspecified atom stereocenters. The number of para-hydroxylation sites is 2. The molecular weight excluding hydrogens is 322 g/mol. The number of phenolic OH excluding ortho intramolecular Hbond substituents is 1. The first-order valence-corrected chi connectivity index (χ1v) is 9.08. The zero-order valence-corrected chi connectivity index (χ0v) is 14.7. The van der Waals surface area contributed by atoms with Crippen molar-refractivity contribution in [1.82, 2.24) is 9.80 Å². The first-order valence-electron chi connectivity index (χ1n) is 8.14. The number of carbonyl (C=O) groups excluding carboxylic acids is 1. The fourth-order valence-corrected chi connectivity index (χ4v) is 3.59. The quantitative estimate of drug-likeness (QED) is 0.903. The molecule has 6 heteroatoms. The summed E-state index contributed by atoms with van der Waals surface area (Å²) < 4.78 is 0. The Hall–Kier alpha value is -2.05. The van der Waals surface area contributed by atoms with E-state index < -0.39 is 0 Å². The number of nitrogens with zero attached hydrogens (tertiary/aromatic N) is 3. The van der Waals surface area contributed by atoms with E-state index in [0.717, 1.165) is 31.9 Å². The first-order chi connectivity index (χ1) is 11.6. The number of amides is 1. The van der Waals surface area contributed by atoms with Gasteiger partial charge in [0.15, 0.2) is 0 Å². The van der Waals surface area contributed by atoms with Gasteiger partial charge >= 0.3 is 0 Å². The monoisotopic (exact) mass is 345 g/mol. The number of aromatic hydroxyl groups is 1. The van der Waals surface area contributed by atoms with Crippen molar-refractivity contribution in [1.29, 1.82) is 0 Å². The molecule has 1 aromatic heterocycles. The van der Waals surface area contributed by atoms with Gasteiger partial charge in [-0.3, -0.25) is 9.69 Å². The Bertz CT molecular complexity index is 667. The van der Waals surface area contributed by atoms with E-state index in [9.17, 15) is 9.90 Å². The maximum Gasteiger partial charge on any atom is 0.236 e. The SMILES string of the molecule is CN(Cc1ccsc1)C(=O)CN1CCN(c2ccccc2O)CC1. The maximum absolute atomic E-state index is 12.4. The van der Waals surface area contributed by atoms with Gasteiger partial charge in [0.25, 0.3) is 0 Å². The number of piperazine rings is 1. The second-order valence-electron chi connectivity index (χ2n) is 6.13. The number of rotatable bonds is 5. The van der Waals surface area contributed by atoms with E-state index in [2.05, 4.69) is 21.2 Å². The van der Waals surface area contributed by atoms with Gasteiger partial charge in [0.2, 0.25) is 5.91 Å². The lowest BCUT2D eigenvalue weighted by Crippen LogP contribution is -2.49. The van der Waals surface area contributed by atoms with E-state index >= 15 is 0 Å². The van der Waals surface area contributed by atoms with Gasteiger partial charge in [-0.05, 0) is 34.5 Å². The molecule has 0 bridgehead atoms. The summed E-state index contributed by atoms with van der Waals surface area (Å²) >= 11 is 1.65. The maximum atomic E-state index is 12.4. The minimum absolute atomic E-state index is 0.150. The van der Waals surface area contributed by atoms with Crippen molar-refractivity contribution in [2.45, 2.75) is 6.54 Å². The van der Waals surface area contributed by atoms with Crippen LogP contribution in [0.4, 0.5) is 5.69 Å². The molecule has 0 radical (unpaired) electrons. The molecule has 1 aliphatic heterocycles. The summed E-state index contributed by atoms with van der Waals surface area (Å²) in [7, 11) is 1.86. The van der Waals surface area contributed by atoms with Crippen molar-refractivity contribution < 1.29 is 9.90 Å². The van der Waals surface area contributed by atoms with Gasteiger partial charge in [-0.25, -0.2) is 0 Å². The van der Waals surface area contributed by atoms with Gasteiger partial charge in [0, 0.05) is 39.8 Å². The summed E-state index contributed by atoms with van der Waals surface area (Å²) in [5.41, 5.74) is 2.05. The van der Waals surface area contributed by atoms with Crippen LogP contribution in [0.2, 0.25) is 0 Å². The summed E-state index contributed by atoms with van der Waals surface area (Å²) in [5, 5.41) is 14.1. The zero-order valence-electron chi connectivity index (χ0n) is 13.9. The summed E-state index contributed by atoms with van der Waals surface area (Å²) in [6.07, 6.45) is 0. The number of anilines is 1. The Morgan fingerprint density at radius 1 is 1.21 bits per heavy atom. The minimum atomic E-state index is 0.150. The van der Waals surface area contributed by atoms with Crippen molar-refractivity contribution in [3.8, 4) is 5.75 Å². The van der Waals surface area contributed by atoms with E-state index in [1.165, 1.54) is 5.56 Å². The Balaban J connectivity index is 1.48. The van der Waals surface area contributed by atoms with Crippen LogP contribution in [-0.2, 0) is 11.3 Å². The average Bonchev–Trinajstić information content (AvgIpc) is 3.09. The Morgan fingerprint density at radius 3 is 2.62 bits per heavy atom. The van der Waals surface area contributed by atoms with Crippen LogP contribution in [0.15, 0.2) is 41.1 Å². The van der Waals surface area contributed by atoms with Crippen molar-refractivity contribution in [3.63, 3.8) is 0 Å². The lowest BCUT2D eigenvalue weighted by atomic mass is 10.2. The molecule has 1 fully saturated rings. The number of benzene rings is 1. The number of hydrogen-bond acceptors (Lipinski definition) is 5. The topological polar surface area (TPSA) is 47.0 Å². The number of thiophene rings is 1. The number of hydrogen-bond donors (Lipinski definition) is 1. The third-order valence-corrected chi connectivity index (χ3v) is 5.11. The summed E-state index contributed by atoms with van der Waals surface area (Å²) in [4.78, 5) is 18.5. The Labute approximate surface area is 146 Å². The molecule has 5 nitrogen and oxygen atoms in total. The van der Waals surface area contributed by atoms with Gasteiger partial charge in [-0.1, -0.05) is 12.1 Å². The molecule has 0 saturated carbocycles. The van der Waals surface area contributed by atoms with E-state index in [1.807, 2.05) is 30.6 Å². The van der Waals surface area contributed by atoms with Crippen molar-refractivity contribution in [3.05, 3.63) is 46.7 Å². The fourth-order valence-electron chi connectivity index (χ4n) is 2.94. The number of likely N-dealkylation sites (N-methyl/N-ethyl adjacent to an activating group) is 1. The van der Waals surface area contributed by atoms with Gasteiger partial charge in [0.05, 0.1) is 12.2 Å². The summed E-state index contributed by atoms with van der Waals surface area (Å²) in [6, 6.07) is 9.47. The molecule has 0 atom stereocenters. The smallest absolute Gasteiger partial charge is 0.236 e. The van der Waals surface area contributed by atoms with Gasteiger partial charge in [-0.15, -0.1) is 0 Å². The van der Waals surface area contributed by atoms with Crippen LogP contribution < -0.4 is 4.90 Å². The second-order valence-corrected chi connectivity index (χ2v) is 6.91. The molecule has 2 heterocycles. The highest BCUT2D eigenvalue weighted by atomic mass is 32.1. The molecule has 1 saturated heterocycles. The van der Waals surface area contributed by atoms with Crippen molar-refractivity contribution >= 4 is 22.9 Å². The van der Waals surface area contributed by atoms with E-state index in [0.29, 0.717) is 18.8 Å². The Kier molecular flexibility index (Phi) is 5.37. The lowest BCUT2D eigenvalue weighted by Gasteiger charge is -2.36. The van der Waals surface area contributed by atoms with Crippen LogP contribution in [-0.4, -0.2) is 60.6 Å². The molecule has 2 aromatic rings. The highest BCUT2D eigenvalue weighted by Gasteiger charge is 2.21. The third kappa shape index (κ3) is 4.07. The summed E-state index contributed by atoms with van der Waals surface area (Å²) in [5.74, 6) is 0.467. The molecule has 128 valence electrons. The fraction of sp³-hybridized carbons (Fsp3) is 0.389. The zero-order chi connectivity index (χ0) is 16.9. The van der Waals surface area contributed by atoms with E-state index in [-0.39, 0.29) is 5.91 Å². The van der Waals surface area contributed by atoms with Crippen LogP contribution in [0.3, 0.4) is 0 Å². The summed E-state index contributed by atoms with van der Waals surface area (Å²) in [6.45, 7) is 4.41. The molecule has 1 N–H and O–H groups in total. The largest absolute Gasteiger partial charge is 0.506 e. The van der Waals surface area contributed by atoms with Gasteiger partial charge < -0.3 is 14.9 Å². The molecule has 24 heavy (non-hydrogen) atoms. The number of carbonyl (C=O) groups is 1. The highest BCUT2D eigenvalue weighted by molar-refractivity contribution is 7.07. The van der Waals surface area contributed by atoms with E-state index in [1.54, 1.807) is 22.3 Å². The van der Waals surface area contributed by atoms with Crippen LogP contribution in [0, 0.1) is 0 Å². The molecule has 3 rings (SSSR count). The number of phenols is 1. The predicted octanol–water partition coefficient (Wildman–Crippen LogP) is 2.23. The molecule has 0 aliphatic carbocycles. The normalized spacial score (nSPS) is 15.5. The molecule has 1 amide bonds. The third-order valence-electron chi connectivity index (χ3n) is 4.38. The van der Waals surface area contributed by atoms with Crippen LogP contribution in [0.5, 0.6) is 5.75 Å². The van der Waals surface area contributed by atoms with Crippen LogP contribution >= 0.6 is 11.3 Å². The van der Waals surface area contributed by atoms with Crippen molar-refractivity contribution in [2.24, 2.45) is 0 Å². The second kappa shape index (κ2) is 7.68. The standard InChI is InChI=1S/C18H23N3O2S/c1-19(12-15-6-11-24-14-15)18(23)13-20-7-9-21(10-8-20)16-4-2-3-5-17(16)22/h2-6,11,14,22H,7-10,12-13H2,1H3. The van der Waals surface area contributed by atoms with Gasteiger partial charge in [0.1, 0.15) is 5.75 Å². The molecule has 1 aliphatic rings. The molecular formula is C18H23N3O2S. The molecule has 0 spiro atoms. The lowest BCUT2D eigenvalue weighted by molar-refractivity contribution is -0.131. The van der Waals surface area contributed by atoms with Crippen LogP contribution in [0.1, 0.15) is 5.56 Å². The minimum Gasteiger partial charge on any atom is -0.506 e. The Morgan fingerprint density at radius 2 is 1.96 bits per heavy atom. The van der Waals surface area contributed by atoms with Gasteiger partial charge in [-0.2, -0.15) is 11.3 Å². The highest BCUT2D eigenvalue weighted by Crippen LogP contribution is 2.27. The van der Waals surface area contributed by atoms with Crippen molar-refractivity contribution in [2.75, 3.05) is 44.7 Å².